The second-order valence-corrected chi connectivity index (χ2v) is 8.11. The minimum absolute atomic E-state index is 0.0947. The Morgan fingerprint density at radius 1 is 1.26 bits per heavy atom. The van der Waals surface area contributed by atoms with Gasteiger partial charge in [-0.25, -0.2) is 0 Å². The van der Waals surface area contributed by atoms with Crippen molar-refractivity contribution in [2.24, 2.45) is 0 Å². The van der Waals surface area contributed by atoms with Gasteiger partial charge in [0.05, 0.1) is 9.35 Å². The van der Waals surface area contributed by atoms with Crippen molar-refractivity contribution < 1.29 is 4.79 Å². The van der Waals surface area contributed by atoms with Crippen LogP contribution in [0.1, 0.15) is 15.9 Å². The lowest BCUT2D eigenvalue weighted by atomic mass is 10.3. The number of thioether (sulfide) groups is 1. The largest absolute Gasteiger partial charge is 0.322 e. The number of pyridine rings is 1. The van der Waals surface area contributed by atoms with Crippen LogP contribution in [0.25, 0.3) is 0 Å². The predicted molar refractivity (Wildman–Crippen MR) is 100 cm³/mol. The standard InChI is InChI=1S/C17H13BrN2OS2/c18-16-8-13(11-23-16)17(21)20-14-3-5-15(6-4-14)22-10-12-2-1-7-19-9-12/h1-9,11H,10H2,(H,20,21). The van der Waals surface area contributed by atoms with Gasteiger partial charge >= 0.3 is 0 Å². The van der Waals surface area contributed by atoms with E-state index in [1.807, 2.05) is 48.0 Å². The van der Waals surface area contributed by atoms with E-state index in [1.165, 1.54) is 16.9 Å². The molecule has 3 nitrogen and oxygen atoms in total. The van der Waals surface area contributed by atoms with E-state index in [-0.39, 0.29) is 5.91 Å². The molecule has 23 heavy (non-hydrogen) atoms. The lowest BCUT2D eigenvalue weighted by molar-refractivity contribution is 0.102. The first-order chi connectivity index (χ1) is 11.2. The number of anilines is 1. The van der Waals surface area contributed by atoms with Crippen molar-refractivity contribution in [1.29, 1.82) is 0 Å². The summed E-state index contributed by atoms with van der Waals surface area (Å²) in [6.07, 6.45) is 3.65. The number of hydrogen-bond acceptors (Lipinski definition) is 4. The number of hydrogen-bond donors (Lipinski definition) is 1. The second kappa shape index (κ2) is 7.77. The Bertz CT molecular complexity index is 788. The van der Waals surface area contributed by atoms with Crippen LogP contribution in [-0.4, -0.2) is 10.9 Å². The highest BCUT2D eigenvalue weighted by Gasteiger charge is 2.08. The molecule has 0 saturated carbocycles. The summed E-state index contributed by atoms with van der Waals surface area (Å²) in [5.74, 6) is 0.783. The summed E-state index contributed by atoms with van der Waals surface area (Å²) >= 11 is 6.60. The van der Waals surface area contributed by atoms with E-state index in [9.17, 15) is 4.79 Å². The molecule has 0 saturated heterocycles. The van der Waals surface area contributed by atoms with Crippen molar-refractivity contribution >= 4 is 50.6 Å². The molecule has 6 heteroatoms. The van der Waals surface area contributed by atoms with Gasteiger partial charge < -0.3 is 5.32 Å². The fourth-order valence-corrected chi connectivity index (χ4v) is 3.89. The lowest BCUT2D eigenvalue weighted by Gasteiger charge is -2.06. The highest BCUT2D eigenvalue weighted by atomic mass is 79.9. The number of amides is 1. The van der Waals surface area contributed by atoms with Crippen LogP contribution in [0.5, 0.6) is 0 Å². The number of rotatable bonds is 5. The minimum atomic E-state index is -0.0947. The first-order valence-electron chi connectivity index (χ1n) is 6.88. The molecule has 0 spiro atoms. The Kier molecular flexibility index (Phi) is 5.48. The van der Waals surface area contributed by atoms with Gasteiger partial charge in [-0.05, 0) is 57.9 Å². The molecule has 0 fully saturated rings. The van der Waals surface area contributed by atoms with E-state index >= 15 is 0 Å². The number of halogens is 1. The van der Waals surface area contributed by atoms with Crippen LogP contribution < -0.4 is 5.32 Å². The molecule has 0 unspecified atom stereocenters. The van der Waals surface area contributed by atoms with Gasteiger partial charge in [0.15, 0.2) is 0 Å². The average Bonchev–Trinajstić information content (AvgIpc) is 3.02. The summed E-state index contributed by atoms with van der Waals surface area (Å²) in [6.45, 7) is 0. The van der Waals surface area contributed by atoms with Gasteiger partial charge in [0.25, 0.3) is 5.91 Å². The molecular weight excluding hydrogens is 392 g/mol. The molecule has 1 aromatic carbocycles. The number of benzene rings is 1. The highest BCUT2D eigenvalue weighted by Crippen LogP contribution is 2.25. The molecular formula is C17H13BrN2OS2. The zero-order chi connectivity index (χ0) is 16.1. The number of nitrogens with one attached hydrogen (secondary N) is 1. The van der Waals surface area contributed by atoms with Crippen LogP contribution in [-0.2, 0) is 5.75 Å². The molecule has 0 aliphatic rings. The maximum atomic E-state index is 12.1. The lowest BCUT2D eigenvalue weighted by Crippen LogP contribution is -2.10. The Morgan fingerprint density at radius 3 is 2.74 bits per heavy atom. The van der Waals surface area contributed by atoms with Crippen LogP contribution in [0.4, 0.5) is 5.69 Å². The van der Waals surface area contributed by atoms with E-state index in [1.54, 1.807) is 18.0 Å². The van der Waals surface area contributed by atoms with E-state index in [2.05, 4.69) is 32.3 Å². The van der Waals surface area contributed by atoms with Crippen LogP contribution >= 0.6 is 39.0 Å². The fourth-order valence-electron chi connectivity index (χ4n) is 1.92. The Hall–Kier alpha value is -1.63. The van der Waals surface area contributed by atoms with Gasteiger partial charge in [0.1, 0.15) is 0 Å². The summed E-state index contributed by atoms with van der Waals surface area (Å²) < 4.78 is 0.949. The Morgan fingerprint density at radius 2 is 2.09 bits per heavy atom. The molecule has 3 aromatic rings. The molecule has 0 bridgehead atoms. The molecule has 0 radical (unpaired) electrons. The topological polar surface area (TPSA) is 42.0 Å². The minimum Gasteiger partial charge on any atom is -0.322 e. The van der Waals surface area contributed by atoms with Crippen LogP contribution in [0.2, 0.25) is 0 Å². The van der Waals surface area contributed by atoms with Gasteiger partial charge in [-0.1, -0.05) is 6.07 Å². The SMILES string of the molecule is O=C(Nc1ccc(SCc2cccnc2)cc1)c1csc(Br)c1. The molecule has 2 heterocycles. The summed E-state index contributed by atoms with van der Waals surface area (Å²) in [4.78, 5) is 17.4. The van der Waals surface area contributed by atoms with Crippen molar-refractivity contribution in [2.45, 2.75) is 10.6 Å². The second-order valence-electron chi connectivity index (χ2n) is 4.77. The number of carbonyl (C=O) groups excluding carboxylic acids is 1. The number of aromatic nitrogens is 1. The third-order valence-corrected chi connectivity index (χ3v) is 5.66. The van der Waals surface area contributed by atoms with Crippen LogP contribution in [0, 0.1) is 0 Å². The van der Waals surface area contributed by atoms with Crippen molar-refractivity contribution in [3.8, 4) is 0 Å². The van der Waals surface area contributed by atoms with E-state index in [0.29, 0.717) is 5.56 Å². The van der Waals surface area contributed by atoms with Crippen molar-refractivity contribution in [2.75, 3.05) is 5.32 Å². The zero-order valence-electron chi connectivity index (χ0n) is 12.0. The summed E-state index contributed by atoms with van der Waals surface area (Å²) in [5, 5.41) is 4.73. The van der Waals surface area contributed by atoms with Crippen molar-refractivity contribution in [3.05, 3.63) is 75.2 Å². The monoisotopic (exact) mass is 404 g/mol. The first-order valence-corrected chi connectivity index (χ1v) is 9.54. The highest BCUT2D eigenvalue weighted by molar-refractivity contribution is 9.11. The maximum absolute atomic E-state index is 12.1. The molecule has 0 aliphatic heterocycles. The normalized spacial score (nSPS) is 10.5. The molecule has 1 amide bonds. The van der Waals surface area contributed by atoms with Crippen LogP contribution in [0.15, 0.2) is 68.9 Å². The number of nitrogens with zero attached hydrogens (tertiary/aromatic N) is 1. The van der Waals surface area contributed by atoms with Crippen molar-refractivity contribution in [1.82, 2.24) is 4.98 Å². The Balaban J connectivity index is 1.57. The average molecular weight is 405 g/mol. The van der Waals surface area contributed by atoms with Gasteiger partial charge in [0.2, 0.25) is 0 Å². The van der Waals surface area contributed by atoms with Crippen molar-refractivity contribution in [3.63, 3.8) is 0 Å². The first kappa shape index (κ1) is 16.2. The van der Waals surface area contributed by atoms with E-state index in [0.717, 1.165) is 20.1 Å². The van der Waals surface area contributed by atoms with E-state index < -0.39 is 0 Å². The number of carbonyl (C=O) groups is 1. The quantitative estimate of drug-likeness (QED) is 0.574. The number of thiophene rings is 1. The molecule has 116 valence electrons. The maximum Gasteiger partial charge on any atom is 0.256 e. The molecule has 0 atom stereocenters. The molecule has 3 rings (SSSR count). The van der Waals surface area contributed by atoms with Gasteiger partial charge in [-0.3, -0.25) is 9.78 Å². The predicted octanol–water partition coefficient (Wildman–Crippen LogP) is 5.45. The smallest absolute Gasteiger partial charge is 0.256 e. The summed E-state index contributed by atoms with van der Waals surface area (Å²) in [5.41, 5.74) is 2.65. The van der Waals surface area contributed by atoms with Gasteiger partial charge in [0, 0.05) is 34.1 Å². The van der Waals surface area contributed by atoms with Crippen LogP contribution in [0.3, 0.4) is 0 Å². The molecule has 0 aliphatic carbocycles. The fraction of sp³-hybridized carbons (Fsp3) is 0.0588. The van der Waals surface area contributed by atoms with Gasteiger partial charge in [-0.2, -0.15) is 0 Å². The third kappa shape index (κ3) is 4.67. The molecule has 2 aromatic heterocycles. The zero-order valence-corrected chi connectivity index (χ0v) is 15.2. The third-order valence-electron chi connectivity index (χ3n) is 3.07. The summed E-state index contributed by atoms with van der Waals surface area (Å²) in [7, 11) is 0. The Labute approximate surface area is 151 Å². The summed E-state index contributed by atoms with van der Waals surface area (Å²) in [6, 6.07) is 13.7. The van der Waals surface area contributed by atoms with Gasteiger partial charge in [-0.15, -0.1) is 23.1 Å². The molecule has 1 N–H and O–H groups in total. The van der Waals surface area contributed by atoms with E-state index in [4.69, 9.17) is 0 Å².